The molecule has 0 saturated carbocycles. The molecule has 1 aromatic rings. The highest BCUT2D eigenvalue weighted by atomic mass is 32.2. The molecule has 1 aliphatic rings. The molecule has 1 fully saturated rings. The van der Waals surface area contributed by atoms with Gasteiger partial charge in [0.05, 0.1) is 18.3 Å². The Morgan fingerprint density at radius 3 is 2.42 bits per heavy atom. The van der Waals surface area contributed by atoms with E-state index in [0.29, 0.717) is 5.75 Å². The Labute approximate surface area is 158 Å². The van der Waals surface area contributed by atoms with Gasteiger partial charge in [-0.1, -0.05) is 17.8 Å². The Balaban J connectivity index is 2.35. The van der Waals surface area contributed by atoms with Crippen molar-refractivity contribution in [3.8, 4) is 0 Å². The molecule has 2 rings (SSSR count). The fourth-order valence-corrected chi connectivity index (χ4v) is 2.91. The summed E-state index contributed by atoms with van der Waals surface area (Å²) >= 11 is 1.19. The molecule has 0 aliphatic carbocycles. The summed E-state index contributed by atoms with van der Waals surface area (Å²) in [4.78, 5) is 27.1. The van der Waals surface area contributed by atoms with E-state index in [0.717, 1.165) is 11.0 Å². The Bertz CT molecular complexity index is 716. The van der Waals surface area contributed by atoms with Crippen LogP contribution in [0.1, 0.15) is 50.7 Å². The third-order valence-corrected chi connectivity index (χ3v) is 5.41. The highest BCUT2D eigenvalue weighted by molar-refractivity contribution is 8.13. The van der Waals surface area contributed by atoms with Crippen molar-refractivity contribution >= 4 is 36.0 Å². The first-order chi connectivity index (χ1) is 12.1. The van der Waals surface area contributed by atoms with Crippen molar-refractivity contribution in [3.05, 3.63) is 35.1 Å². The summed E-state index contributed by atoms with van der Waals surface area (Å²) in [7, 11) is 0.743. The number of carbonyl (C=O) groups is 2. The Hall–Kier alpha value is -1.64. The van der Waals surface area contributed by atoms with Crippen molar-refractivity contribution in [1.29, 1.82) is 0 Å². The van der Waals surface area contributed by atoms with E-state index >= 15 is 0 Å². The third kappa shape index (κ3) is 4.75. The van der Waals surface area contributed by atoms with Gasteiger partial charge in [-0.25, -0.2) is 9.78 Å². The van der Waals surface area contributed by atoms with Gasteiger partial charge in [-0.15, -0.1) is 0 Å². The fraction of sp³-hybridized carbons (Fsp3) is 0.500. The lowest BCUT2D eigenvalue weighted by molar-refractivity contribution is -0.109. The second kappa shape index (κ2) is 7.94. The molecule has 0 aromatic carbocycles. The molecular weight excluding hydrogens is 353 g/mol. The molecule has 0 unspecified atom stereocenters. The van der Waals surface area contributed by atoms with Gasteiger partial charge in [-0.2, -0.15) is 0 Å². The van der Waals surface area contributed by atoms with Crippen LogP contribution in [0.3, 0.4) is 0 Å². The predicted octanol–water partition coefficient (Wildman–Crippen LogP) is 3.16. The van der Waals surface area contributed by atoms with Crippen molar-refractivity contribution in [2.24, 2.45) is 0 Å². The summed E-state index contributed by atoms with van der Waals surface area (Å²) < 4.78 is 16.9. The zero-order valence-electron chi connectivity index (χ0n) is 16.0. The van der Waals surface area contributed by atoms with Crippen LogP contribution in [-0.4, -0.2) is 47.3 Å². The van der Waals surface area contributed by atoms with Crippen LogP contribution in [-0.2, 0) is 18.8 Å². The van der Waals surface area contributed by atoms with Gasteiger partial charge in [-0.3, -0.25) is 4.79 Å². The quantitative estimate of drug-likeness (QED) is 0.576. The van der Waals surface area contributed by atoms with E-state index in [1.54, 1.807) is 12.1 Å². The molecule has 0 atom stereocenters. The maximum atomic E-state index is 11.7. The van der Waals surface area contributed by atoms with E-state index in [1.165, 1.54) is 32.0 Å². The summed E-state index contributed by atoms with van der Waals surface area (Å²) in [6.45, 7) is 9.43. The van der Waals surface area contributed by atoms with Gasteiger partial charge in [0, 0.05) is 18.9 Å². The van der Waals surface area contributed by atoms with Crippen LogP contribution in [0.4, 0.5) is 0 Å². The van der Waals surface area contributed by atoms with Gasteiger partial charge in [0.2, 0.25) is 0 Å². The maximum absolute atomic E-state index is 11.7. The molecule has 1 aliphatic heterocycles. The van der Waals surface area contributed by atoms with E-state index < -0.39 is 24.3 Å². The standard InChI is InChI=1S/C18H24BNO5S/c1-12(21)26-11-14(19-24-17(2,3)18(4,5)25-19)9-13-7-8-20-15(10-13)16(22)23-6/h7-10H,11H2,1-6H3. The molecule has 0 amide bonds. The molecule has 0 N–H and O–H groups in total. The minimum Gasteiger partial charge on any atom is -0.464 e. The number of hydrogen-bond acceptors (Lipinski definition) is 7. The third-order valence-electron chi connectivity index (χ3n) is 4.53. The number of thioether (sulfide) groups is 1. The molecule has 26 heavy (non-hydrogen) atoms. The molecular formula is C18H24BNO5S. The normalized spacial score (nSPS) is 18.7. The topological polar surface area (TPSA) is 74.7 Å². The van der Waals surface area contributed by atoms with E-state index in [-0.39, 0.29) is 10.8 Å². The molecule has 1 aromatic heterocycles. The molecule has 0 spiro atoms. The van der Waals surface area contributed by atoms with Crippen molar-refractivity contribution in [2.45, 2.75) is 45.8 Å². The molecule has 0 bridgehead atoms. The van der Waals surface area contributed by atoms with Crippen LogP contribution >= 0.6 is 11.8 Å². The summed E-state index contributed by atoms with van der Waals surface area (Å²) in [6, 6.07) is 3.41. The van der Waals surface area contributed by atoms with Crippen LogP contribution in [0.5, 0.6) is 0 Å². The Morgan fingerprint density at radius 1 is 1.27 bits per heavy atom. The molecule has 1 saturated heterocycles. The van der Waals surface area contributed by atoms with Crippen LogP contribution in [0.2, 0.25) is 0 Å². The first kappa shape index (κ1) is 20.7. The number of carbonyl (C=O) groups excluding carboxylic acids is 2. The lowest BCUT2D eigenvalue weighted by Crippen LogP contribution is -2.41. The average molecular weight is 377 g/mol. The number of hydrogen-bond donors (Lipinski definition) is 0. The first-order valence-electron chi connectivity index (χ1n) is 8.29. The number of nitrogens with zero attached hydrogens (tertiary/aromatic N) is 1. The van der Waals surface area contributed by atoms with Gasteiger partial charge in [-0.05, 0) is 50.9 Å². The zero-order chi connectivity index (χ0) is 19.5. The average Bonchev–Trinajstić information content (AvgIpc) is 2.78. The number of ether oxygens (including phenoxy) is 1. The number of pyridine rings is 1. The summed E-state index contributed by atoms with van der Waals surface area (Å²) in [5, 5.41) is 0.0115. The minimum absolute atomic E-state index is 0.0115. The van der Waals surface area contributed by atoms with Crippen LogP contribution in [0, 0.1) is 0 Å². The predicted molar refractivity (Wildman–Crippen MR) is 103 cm³/mol. The molecule has 6 nitrogen and oxygen atoms in total. The Kier molecular flexibility index (Phi) is 6.31. The fourth-order valence-electron chi connectivity index (χ4n) is 2.32. The lowest BCUT2D eigenvalue weighted by Gasteiger charge is -2.32. The second-order valence-electron chi connectivity index (χ2n) is 7.05. The van der Waals surface area contributed by atoms with Gasteiger partial charge >= 0.3 is 13.1 Å². The lowest BCUT2D eigenvalue weighted by atomic mass is 9.78. The van der Waals surface area contributed by atoms with Crippen molar-refractivity contribution in [2.75, 3.05) is 12.9 Å². The van der Waals surface area contributed by atoms with E-state index in [9.17, 15) is 9.59 Å². The SMILES string of the molecule is COC(=O)c1cc(C=C(CSC(C)=O)B2OC(C)(C)C(C)(C)O2)ccn1. The van der Waals surface area contributed by atoms with Crippen molar-refractivity contribution < 1.29 is 23.6 Å². The van der Waals surface area contributed by atoms with Crippen molar-refractivity contribution in [1.82, 2.24) is 4.98 Å². The first-order valence-corrected chi connectivity index (χ1v) is 9.28. The summed E-state index contributed by atoms with van der Waals surface area (Å²) in [5.74, 6) is -0.0715. The molecule has 0 radical (unpaired) electrons. The molecule has 8 heteroatoms. The van der Waals surface area contributed by atoms with Gasteiger partial charge < -0.3 is 14.0 Å². The largest absolute Gasteiger partial charge is 0.491 e. The number of esters is 1. The van der Waals surface area contributed by atoms with E-state index in [4.69, 9.17) is 14.0 Å². The minimum atomic E-state index is -0.568. The van der Waals surface area contributed by atoms with E-state index in [1.807, 2.05) is 33.8 Å². The van der Waals surface area contributed by atoms with Gasteiger partial charge in [0.15, 0.2) is 5.12 Å². The monoisotopic (exact) mass is 377 g/mol. The van der Waals surface area contributed by atoms with Gasteiger partial charge in [0.1, 0.15) is 5.69 Å². The van der Waals surface area contributed by atoms with Crippen LogP contribution in [0.25, 0.3) is 6.08 Å². The summed E-state index contributed by atoms with van der Waals surface area (Å²) in [6.07, 6.45) is 3.41. The van der Waals surface area contributed by atoms with Crippen LogP contribution < -0.4 is 0 Å². The highest BCUT2D eigenvalue weighted by Crippen LogP contribution is 2.39. The summed E-state index contributed by atoms with van der Waals surface area (Å²) in [5.41, 5.74) is 0.828. The van der Waals surface area contributed by atoms with Gasteiger partial charge in [0.25, 0.3) is 0 Å². The number of rotatable bonds is 5. The smallest absolute Gasteiger partial charge is 0.464 e. The zero-order valence-corrected chi connectivity index (χ0v) is 16.8. The molecule has 140 valence electrons. The number of aromatic nitrogens is 1. The second-order valence-corrected chi connectivity index (χ2v) is 8.21. The Morgan fingerprint density at radius 2 is 1.88 bits per heavy atom. The number of methoxy groups -OCH3 is 1. The highest BCUT2D eigenvalue weighted by Gasteiger charge is 2.52. The van der Waals surface area contributed by atoms with Crippen LogP contribution in [0.15, 0.2) is 23.8 Å². The van der Waals surface area contributed by atoms with Crippen molar-refractivity contribution in [3.63, 3.8) is 0 Å². The maximum Gasteiger partial charge on any atom is 0.491 e. The molecule has 2 heterocycles. The van der Waals surface area contributed by atoms with E-state index in [2.05, 4.69) is 4.98 Å².